The van der Waals surface area contributed by atoms with Gasteiger partial charge < -0.3 is 15.1 Å². The lowest BCUT2D eigenvalue weighted by atomic mass is 9.89. The predicted octanol–water partition coefficient (Wildman–Crippen LogP) is 5.78. The van der Waals surface area contributed by atoms with E-state index in [0.29, 0.717) is 78.8 Å². The summed E-state index contributed by atoms with van der Waals surface area (Å²) in [4.78, 5) is 58.0. The number of halogens is 1. The Kier molecular flexibility index (Phi) is 12.2. The van der Waals surface area contributed by atoms with Crippen molar-refractivity contribution >= 4 is 34.7 Å². The van der Waals surface area contributed by atoms with Gasteiger partial charge in [0.2, 0.25) is 17.7 Å². The molecule has 2 N–H and O–H groups in total. The van der Waals surface area contributed by atoms with Crippen LogP contribution in [0, 0.1) is 23.1 Å². The van der Waals surface area contributed by atoms with Gasteiger partial charge in [0, 0.05) is 73.7 Å². The van der Waals surface area contributed by atoms with Crippen LogP contribution in [0.15, 0.2) is 85.7 Å². The van der Waals surface area contributed by atoms with Crippen molar-refractivity contribution in [2.45, 2.75) is 75.8 Å². The summed E-state index contributed by atoms with van der Waals surface area (Å²) in [7, 11) is 0. The molecule has 0 radical (unpaired) electrons. The molecule has 338 valence electrons. The van der Waals surface area contributed by atoms with Crippen LogP contribution < -0.4 is 15.5 Å². The number of hydrogen-bond acceptors (Lipinski definition) is 12. The molecule has 4 aliphatic heterocycles. The summed E-state index contributed by atoms with van der Waals surface area (Å²) in [6.07, 6.45) is 17.7. The third-order valence-electron chi connectivity index (χ3n) is 13.9. The second kappa shape index (κ2) is 18.8. The lowest BCUT2D eigenvalue weighted by Gasteiger charge is -2.36. The van der Waals surface area contributed by atoms with Gasteiger partial charge in [0.05, 0.1) is 42.6 Å². The number of hydrogen-bond donors (Lipinski definition) is 2. The van der Waals surface area contributed by atoms with Crippen LogP contribution in [0.1, 0.15) is 80.1 Å². The summed E-state index contributed by atoms with van der Waals surface area (Å²) < 4.78 is 19.0. The molecule has 4 fully saturated rings. The number of rotatable bonds is 11. The van der Waals surface area contributed by atoms with Gasteiger partial charge in [0.25, 0.3) is 0 Å². The number of piperidine rings is 4. The molecule has 10 rings (SSSR count). The Bertz CT molecular complexity index is 2760. The average Bonchev–Trinajstić information content (AvgIpc) is 4.02. The van der Waals surface area contributed by atoms with Crippen LogP contribution in [0.3, 0.4) is 0 Å². The van der Waals surface area contributed by atoms with E-state index >= 15 is 4.39 Å². The fraction of sp³-hybridized carbons (Fsp3) is 0.408. The molecule has 17 heteroatoms. The van der Waals surface area contributed by atoms with Crippen LogP contribution >= 0.6 is 0 Å². The predicted molar refractivity (Wildman–Crippen MR) is 244 cm³/mol. The molecule has 0 aliphatic carbocycles. The number of amides is 3. The van der Waals surface area contributed by atoms with Gasteiger partial charge in [0.1, 0.15) is 34.8 Å². The number of imide groups is 1. The molecule has 0 saturated carbocycles. The second-order valence-electron chi connectivity index (χ2n) is 18.1. The average molecular weight is 890 g/mol. The quantitative estimate of drug-likeness (QED) is 0.150. The van der Waals surface area contributed by atoms with Crippen molar-refractivity contribution in [1.82, 2.24) is 49.5 Å². The Balaban J connectivity index is 0.727. The van der Waals surface area contributed by atoms with Crippen molar-refractivity contribution in [3.63, 3.8) is 0 Å². The molecule has 1 aromatic carbocycles. The third kappa shape index (κ3) is 9.23. The maximum absolute atomic E-state index is 15.3. The lowest BCUT2D eigenvalue weighted by molar-refractivity contribution is -0.135. The first-order valence-electron chi connectivity index (χ1n) is 23.1. The van der Waals surface area contributed by atoms with E-state index in [4.69, 9.17) is 15.1 Å². The molecule has 6 aromatic rings. The van der Waals surface area contributed by atoms with Gasteiger partial charge in [-0.05, 0) is 118 Å². The van der Waals surface area contributed by atoms with Crippen molar-refractivity contribution in [3.05, 3.63) is 108 Å². The van der Waals surface area contributed by atoms with E-state index in [0.717, 1.165) is 80.7 Å². The molecule has 4 saturated heterocycles. The molecule has 4 aliphatic rings. The number of carbonyl (C=O) groups excluding carboxylic acids is 3. The van der Waals surface area contributed by atoms with Crippen LogP contribution in [0.4, 0.5) is 15.9 Å². The van der Waals surface area contributed by atoms with Gasteiger partial charge >= 0.3 is 0 Å². The highest BCUT2D eigenvalue weighted by molar-refractivity contribution is 6.01. The highest BCUT2D eigenvalue weighted by Crippen LogP contribution is 2.34. The summed E-state index contributed by atoms with van der Waals surface area (Å²) in [6, 6.07) is 17.0. The summed E-state index contributed by atoms with van der Waals surface area (Å²) in [5.74, 6) is 0.667. The van der Waals surface area contributed by atoms with Gasteiger partial charge in [-0.3, -0.25) is 34.3 Å². The molecule has 0 spiro atoms. The number of nitrogens with one attached hydrogen (secondary N) is 2. The number of nitrogens with zero attached hydrogens (tertiary/aromatic N) is 11. The first-order chi connectivity index (χ1) is 32.2. The van der Waals surface area contributed by atoms with Crippen molar-refractivity contribution in [1.29, 1.82) is 5.26 Å². The number of aromatic nitrogens is 7. The Morgan fingerprint density at radius 1 is 0.864 bits per heavy atom. The fourth-order valence-corrected chi connectivity index (χ4v) is 10.1. The summed E-state index contributed by atoms with van der Waals surface area (Å²) in [5, 5.41) is 24.6. The first-order valence-corrected chi connectivity index (χ1v) is 23.1. The zero-order chi connectivity index (χ0) is 45.1. The molecule has 1 atom stereocenters. The molecule has 1 unspecified atom stereocenters. The maximum Gasteiger partial charge on any atom is 0.249 e. The van der Waals surface area contributed by atoms with Crippen molar-refractivity contribution in [2.24, 2.45) is 5.92 Å². The molecule has 9 heterocycles. The third-order valence-corrected chi connectivity index (χ3v) is 13.9. The van der Waals surface area contributed by atoms with Crippen LogP contribution in [0.25, 0.3) is 28.0 Å². The Morgan fingerprint density at radius 3 is 2.42 bits per heavy atom. The van der Waals surface area contributed by atoms with E-state index in [-0.39, 0.29) is 36.0 Å². The van der Waals surface area contributed by atoms with Gasteiger partial charge in [-0.25, -0.2) is 18.9 Å². The van der Waals surface area contributed by atoms with E-state index in [1.54, 1.807) is 22.8 Å². The largest absolute Gasteiger partial charge is 0.374 e. The Labute approximate surface area is 381 Å². The van der Waals surface area contributed by atoms with Gasteiger partial charge in [-0.15, -0.1) is 0 Å². The highest BCUT2D eigenvalue weighted by atomic mass is 19.1. The van der Waals surface area contributed by atoms with Crippen LogP contribution in [-0.4, -0.2) is 114 Å². The zero-order valence-electron chi connectivity index (χ0n) is 36.7. The number of nitriles is 1. The minimum absolute atomic E-state index is 0.0418. The maximum atomic E-state index is 15.3. The molecule has 5 aromatic heterocycles. The minimum Gasteiger partial charge on any atom is -0.374 e. The van der Waals surface area contributed by atoms with Gasteiger partial charge in [0.15, 0.2) is 0 Å². The number of pyridine rings is 2. The molecule has 66 heavy (non-hydrogen) atoms. The summed E-state index contributed by atoms with van der Waals surface area (Å²) in [6.45, 7) is 4.86. The van der Waals surface area contributed by atoms with Gasteiger partial charge in [-0.2, -0.15) is 15.5 Å². The number of anilines is 2. The Hall–Kier alpha value is -7.06. The van der Waals surface area contributed by atoms with Crippen molar-refractivity contribution in [2.75, 3.05) is 56.0 Å². The SMILES string of the molecule is N#Cc1cnn2cc(-c3cnn(C4CCN(C(=O)CN5CCC(c6ccc(NC7CCC(=O)NC7=O)cc6F)CC5)CC4)c3)nc(-c3ccc(N4CCC(Cc5ccccn5)CC4)nc3)c12. The monoisotopic (exact) mass is 889 g/mol. The first kappa shape index (κ1) is 42.9. The highest BCUT2D eigenvalue weighted by Gasteiger charge is 2.30. The van der Waals surface area contributed by atoms with E-state index in [1.807, 2.05) is 64.8 Å². The number of fused-ring (bicyclic) bond motifs is 1. The lowest BCUT2D eigenvalue weighted by Crippen LogP contribution is -2.47. The van der Waals surface area contributed by atoms with Gasteiger partial charge in [-0.1, -0.05) is 12.1 Å². The number of carbonyl (C=O) groups is 3. The second-order valence-corrected chi connectivity index (χ2v) is 18.1. The summed E-state index contributed by atoms with van der Waals surface area (Å²) in [5.41, 5.74) is 6.28. The zero-order valence-corrected chi connectivity index (χ0v) is 36.7. The van der Waals surface area contributed by atoms with Crippen LogP contribution in [0.5, 0.6) is 0 Å². The fourth-order valence-electron chi connectivity index (χ4n) is 10.1. The molecule has 0 bridgehead atoms. The molecular weight excluding hydrogens is 838 g/mol. The molecular formula is C49H52FN13O3. The standard InChI is InChI=1S/C49H52FN13O3/c50-41-24-38(56-42-7-9-45(64)58-49(42)66)5-6-40(41)33-12-17-59(18-13-33)31-46(65)61-21-14-39(15-22-61)62-29-36(28-54-62)43-30-63-48(35(25-51)27-55-63)47(57-43)34-4-8-44(53-26-34)60-19-10-32(11-20-60)23-37-3-1-2-16-52-37/h1-6,8,16,24,26-30,32-33,39,42,56H,7,9-15,17-23,31H2,(H,58,64,66). The van der Waals surface area contributed by atoms with E-state index < -0.39 is 11.9 Å². The topological polar surface area (TPSA) is 183 Å². The summed E-state index contributed by atoms with van der Waals surface area (Å²) >= 11 is 0. The normalized spacial score (nSPS) is 19.2. The Morgan fingerprint density at radius 2 is 1.70 bits per heavy atom. The van der Waals surface area contributed by atoms with Crippen molar-refractivity contribution in [3.8, 4) is 28.6 Å². The van der Waals surface area contributed by atoms with Crippen LogP contribution in [0.2, 0.25) is 0 Å². The van der Waals surface area contributed by atoms with E-state index in [2.05, 4.69) is 42.7 Å². The van der Waals surface area contributed by atoms with E-state index in [1.165, 1.54) is 6.07 Å². The van der Waals surface area contributed by atoms with Crippen LogP contribution in [-0.2, 0) is 20.8 Å². The minimum atomic E-state index is -0.572. The van der Waals surface area contributed by atoms with E-state index in [9.17, 15) is 19.6 Å². The molecule has 16 nitrogen and oxygen atoms in total. The number of likely N-dealkylation sites (tertiary alicyclic amines) is 2. The number of benzene rings is 1. The smallest absolute Gasteiger partial charge is 0.249 e. The molecule has 3 amide bonds. The van der Waals surface area contributed by atoms with Crippen molar-refractivity contribution < 1.29 is 18.8 Å².